The Balaban J connectivity index is 0.00000261. The van der Waals surface area contributed by atoms with Crippen molar-refractivity contribution in [2.24, 2.45) is 12.0 Å². The lowest BCUT2D eigenvalue weighted by molar-refractivity contribution is -0.129. The molecular weight excluding hydrogens is 455 g/mol. The lowest BCUT2D eigenvalue weighted by atomic mass is 10.3. The van der Waals surface area contributed by atoms with E-state index in [-0.39, 0.29) is 35.9 Å². The number of halogens is 1. The number of fused-ring (bicyclic) bond motifs is 1. The first-order chi connectivity index (χ1) is 12.6. The van der Waals surface area contributed by atoms with Crippen molar-refractivity contribution >= 4 is 46.9 Å². The van der Waals surface area contributed by atoms with Crippen LogP contribution in [0.4, 0.5) is 0 Å². The first-order valence-electron chi connectivity index (χ1n) is 9.35. The van der Waals surface area contributed by atoms with Gasteiger partial charge in [0.25, 0.3) is 0 Å². The van der Waals surface area contributed by atoms with Crippen LogP contribution >= 0.6 is 24.0 Å². The molecule has 148 valence electrons. The predicted octanol–water partition coefficient (Wildman–Crippen LogP) is 2.26. The van der Waals surface area contributed by atoms with Gasteiger partial charge in [-0.25, -0.2) is 9.98 Å². The molecule has 0 spiro atoms. The van der Waals surface area contributed by atoms with Crippen LogP contribution in [-0.2, 0) is 18.4 Å². The zero-order chi connectivity index (χ0) is 18.5. The number of nitrogens with one attached hydrogen (secondary N) is 2. The second kappa shape index (κ2) is 9.91. The van der Waals surface area contributed by atoms with Crippen molar-refractivity contribution in [2.45, 2.75) is 39.3 Å². The van der Waals surface area contributed by atoms with Gasteiger partial charge >= 0.3 is 0 Å². The van der Waals surface area contributed by atoms with E-state index < -0.39 is 0 Å². The number of amides is 1. The number of nitrogens with zero attached hydrogens (tertiary/aromatic N) is 4. The molecule has 1 aromatic heterocycles. The number of imidazole rings is 1. The Morgan fingerprint density at radius 3 is 2.81 bits per heavy atom. The summed E-state index contributed by atoms with van der Waals surface area (Å²) in [6, 6.07) is 8.34. The number of hydrogen-bond acceptors (Lipinski definition) is 3. The topological polar surface area (TPSA) is 74.6 Å². The molecule has 1 amide bonds. The molecule has 8 heteroatoms. The second-order valence-corrected chi connectivity index (χ2v) is 6.59. The molecule has 0 aliphatic carbocycles. The van der Waals surface area contributed by atoms with Gasteiger partial charge < -0.3 is 20.1 Å². The van der Waals surface area contributed by atoms with Crippen molar-refractivity contribution in [3.05, 3.63) is 30.1 Å². The molecule has 1 saturated heterocycles. The van der Waals surface area contributed by atoms with E-state index in [4.69, 9.17) is 4.99 Å². The molecule has 1 aliphatic rings. The average molecular weight is 484 g/mol. The molecule has 1 aromatic carbocycles. The summed E-state index contributed by atoms with van der Waals surface area (Å²) in [4.78, 5) is 23.1. The molecule has 1 atom stereocenters. The highest BCUT2D eigenvalue weighted by atomic mass is 127. The zero-order valence-corrected chi connectivity index (χ0v) is 18.6. The van der Waals surface area contributed by atoms with E-state index in [0.29, 0.717) is 13.0 Å². The van der Waals surface area contributed by atoms with Crippen molar-refractivity contribution in [3.8, 4) is 0 Å². The molecule has 0 bridgehead atoms. The van der Waals surface area contributed by atoms with E-state index in [9.17, 15) is 4.79 Å². The van der Waals surface area contributed by atoms with Crippen molar-refractivity contribution in [3.63, 3.8) is 0 Å². The largest absolute Gasteiger partial charge is 0.357 e. The molecule has 1 fully saturated rings. The normalized spacial score (nSPS) is 17.1. The number of aromatic nitrogens is 2. The number of hydrogen-bond donors (Lipinski definition) is 2. The number of aryl methyl sites for hydroxylation is 1. The fraction of sp³-hybridized carbons (Fsp3) is 0.526. The van der Waals surface area contributed by atoms with Gasteiger partial charge in [-0.05, 0) is 25.5 Å². The average Bonchev–Trinajstić information content (AvgIpc) is 3.24. The van der Waals surface area contributed by atoms with Gasteiger partial charge in [0.2, 0.25) is 5.91 Å². The quantitative estimate of drug-likeness (QED) is 0.388. The lowest BCUT2D eigenvalue weighted by Crippen LogP contribution is -2.45. The van der Waals surface area contributed by atoms with Crippen molar-refractivity contribution < 1.29 is 4.79 Å². The summed E-state index contributed by atoms with van der Waals surface area (Å²) in [7, 11) is 2.02. The second-order valence-electron chi connectivity index (χ2n) is 6.59. The summed E-state index contributed by atoms with van der Waals surface area (Å²) in [6.45, 7) is 6.81. The monoisotopic (exact) mass is 484 g/mol. The Morgan fingerprint density at radius 1 is 1.33 bits per heavy atom. The Morgan fingerprint density at radius 2 is 2.11 bits per heavy atom. The van der Waals surface area contributed by atoms with Gasteiger partial charge in [-0.3, -0.25) is 4.79 Å². The molecule has 2 N–H and O–H groups in total. The highest BCUT2D eigenvalue weighted by molar-refractivity contribution is 14.0. The molecule has 2 heterocycles. The molecule has 7 nitrogen and oxygen atoms in total. The predicted molar refractivity (Wildman–Crippen MR) is 119 cm³/mol. The van der Waals surface area contributed by atoms with Crippen LogP contribution < -0.4 is 10.6 Å². The molecular formula is C19H29IN6O. The molecule has 27 heavy (non-hydrogen) atoms. The van der Waals surface area contributed by atoms with E-state index in [0.717, 1.165) is 48.9 Å². The van der Waals surface area contributed by atoms with Crippen LogP contribution in [0.5, 0.6) is 0 Å². The molecule has 0 radical (unpaired) electrons. The van der Waals surface area contributed by atoms with Crippen LogP contribution in [0.1, 0.15) is 32.5 Å². The van der Waals surface area contributed by atoms with Gasteiger partial charge in [-0.15, -0.1) is 24.0 Å². The van der Waals surface area contributed by atoms with E-state index >= 15 is 0 Å². The summed E-state index contributed by atoms with van der Waals surface area (Å²) >= 11 is 0. The molecule has 0 saturated carbocycles. The third-order valence-electron chi connectivity index (χ3n) is 4.79. The van der Waals surface area contributed by atoms with Crippen molar-refractivity contribution in [1.82, 2.24) is 25.1 Å². The number of carbonyl (C=O) groups excluding carboxylic acids is 1. The fourth-order valence-electron chi connectivity index (χ4n) is 3.33. The van der Waals surface area contributed by atoms with E-state index in [1.165, 1.54) is 0 Å². The number of benzene rings is 1. The number of carbonyl (C=O) groups is 1. The Hall–Kier alpha value is -1.84. The summed E-state index contributed by atoms with van der Waals surface area (Å²) in [5.74, 6) is 1.92. The van der Waals surface area contributed by atoms with Crippen LogP contribution in [0.15, 0.2) is 29.3 Å². The minimum Gasteiger partial charge on any atom is -0.357 e. The maximum atomic E-state index is 11.8. The number of rotatable bonds is 5. The van der Waals surface area contributed by atoms with Crippen LogP contribution in [0.3, 0.4) is 0 Å². The van der Waals surface area contributed by atoms with Gasteiger partial charge in [0, 0.05) is 39.1 Å². The maximum absolute atomic E-state index is 11.8. The highest BCUT2D eigenvalue weighted by Gasteiger charge is 2.25. The zero-order valence-electron chi connectivity index (χ0n) is 16.2. The Labute approximate surface area is 177 Å². The lowest BCUT2D eigenvalue weighted by Gasteiger charge is -2.18. The van der Waals surface area contributed by atoms with Crippen LogP contribution in [-0.4, -0.2) is 52.0 Å². The molecule has 3 rings (SSSR count). The van der Waals surface area contributed by atoms with Gasteiger partial charge in [-0.1, -0.05) is 19.1 Å². The number of likely N-dealkylation sites (tertiary alicyclic amines) is 1. The molecule has 1 aliphatic heterocycles. The summed E-state index contributed by atoms with van der Waals surface area (Å²) in [5, 5.41) is 6.75. The van der Waals surface area contributed by atoms with Gasteiger partial charge in [0.1, 0.15) is 12.4 Å². The third-order valence-corrected chi connectivity index (χ3v) is 4.79. The van der Waals surface area contributed by atoms with Gasteiger partial charge in [0.15, 0.2) is 5.96 Å². The van der Waals surface area contributed by atoms with E-state index in [1.54, 1.807) is 0 Å². The number of para-hydroxylation sites is 2. The minimum absolute atomic E-state index is 0. The Bertz CT molecular complexity index is 803. The van der Waals surface area contributed by atoms with Crippen LogP contribution in [0, 0.1) is 0 Å². The summed E-state index contributed by atoms with van der Waals surface area (Å²) in [6.07, 6.45) is 1.51. The molecule has 2 aromatic rings. The van der Waals surface area contributed by atoms with Gasteiger partial charge in [-0.2, -0.15) is 0 Å². The number of guanidine groups is 1. The van der Waals surface area contributed by atoms with Crippen LogP contribution in [0.25, 0.3) is 11.0 Å². The van der Waals surface area contributed by atoms with Gasteiger partial charge in [0.05, 0.1) is 11.0 Å². The van der Waals surface area contributed by atoms with E-state index in [2.05, 4.69) is 26.3 Å². The number of aliphatic imine (C=N–C) groups is 1. The highest BCUT2D eigenvalue weighted by Crippen LogP contribution is 2.15. The Kier molecular flexibility index (Phi) is 7.88. The summed E-state index contributed by atoms with van der Waals surface area (Å²) in [5.41, 5.74) is 2.10. The van der Waals surface area contributed by atoms with Crippen molar-refractivity contribution in [2.75, 3.05) is 19.6 Å². The first-order valence-corrected chi connectivity index (χ1v) is 9.35. The third kappa shape index (κ3) is 5.12. The fourth-order valence-corrected chi connectivity index (χ4v) is 3.33. The van der Waals surface area contributed by atoms with E-state index in [1.807, 2.05) is 44.0 Å². The first kappa shape index (κ1) is 21.5. The summed E-state index contributed by atoms with van der Waals surface area (Å²) < 4.78 is 2.08. The van der Waals surface area contributed by atoms with Crippen molar-refractivity contribution in [1.29, 1.82) is 0 Å². The SMILES string of the molecule is CCNC(=NCc1nc2ccccc2n1C)NC1CCN(C(=O)CC)C1.I. The van der Waals surface area contributed by atoms with Crippen LogP contribution in [0.2, 0.25) is 0 Å². The maximum Gasteiger partial charge on any atom is 0.222 e. The standard InChI is InChI=1S/C19H28N6O.HI/c1-4-18(26)25-11-10-14(13-25)22-19(20-5-2)21-12-17-23-15-8-6-7-9-16(15)24(17)3;/h6-9,14H,4-5,10-13H2,1-3H3,(H2,20,21,22);1H. The molecule has 1 unspecified atom stereocenters. The minimum atomic E-state index is 0. The smallest absolute Gasteiger partial charge is 0.222 e.